The maximum Gasteiger partial charge on any atom is 0.319 e. The Bertz CT molecular complexity index is 1590. The first kappa shape index (κ1) is 26.6. The number of hydrogen-bond donors (Lipinski definition) is 2. The fourth-order valence-electron chi connectivity index (χ4n) is 5.59. The Balaban J connectivity index is 1.44. The molecule has 0 unspecified atom stereocenters. The number of nitrogens with zero attached hydrogens (tertiary/aromatic N) is 5. The summed E-state index contributed by atoms with van der Waals surface area (Å²) in [6, 6.07) is 13.2. The van der Waals surface area contributed by atoms with Crippen molar-refractivity contribution in [3.05, 3.63) is 53.4 Å². The van der Waals surface area contributed by atoms with Gasteiger partial charge in [-0.3, -0.25) is 9.37 Å². The van der Waals surface area contributed by atoms with Gasteiger partial charge in [-0.1, -0.05) is 41.9 Å². The highest BCUT2D eigenvalue weighted by Gasteiger charge is 2.28. The molecule has 6 rings (SSSR count). The maximum absolute atomic E-state index is 16.4. The lowest BCUT2D eigenvalue weighted by Crippen LogP contribution is -2.51. The van der Waals surface area contributed by atoms with E-state index in [0.29, 0.717) is 66.2 Å². The lowest BCUT2D eigenvalue weighted by molar-refractivity contribution is 0.253. The Hall–Kier alpha value is -3.65. The quantitative estimate of drug-likeness (QED) is 0.335. The van der Waals surface area contributed by atoms with E-state index in [9.17, 15) is 9.65 Å². The normalized spacial score (nSPS) is 21.1. The number of aromatic nitrogens is 3. The van der Waals surface area contributed by atoms with Crippen LogP contribution >= 0.6 is 11.6 Å². The van der Waals surface area contributed by atoms with E-state index >= 15 is 4.39 Å². The summed E-state index contributed by atoms with van der Waals surface area (Å²) in [5.74, 6) is -0.142. The van der Waals surface area contributed by atoms with E-state index in [1.807, 2.05) is 29.2 Å². The summed E-state index contributed by atoms with van der Waals surface area (Å²) in [5, 5.41) is 18.4. The van der Waals surface area contributed by atoms with Crippen molar-refractivity contribution in [1.29, 1.82) is 5.26 Å². The second kappa shape index (κ2) is 11.5. The van der Waals surface area contributed by atoms with Gasteiger partial charge in [-0.05, 0) is 17.9 Å². The average Bonchev–Trinajstić information content (AvgIpc) is 3.45. The van der Waals surface area contributed by atoms with E-state index in [1.54, 1.807) is 18.3 Å². The van der Waals surface area contributed by atoms with E-state index in [-0.39, 0.29) is 48.5 Å². The van der Waals surface area contributed by atoms with Crippen LogP contribution < -0.4 is 20.3 Å². The molecule has 11 heteroatoms. The van der Waals surface area contributed by atoms with Gasteiger partial charge in [0.05, 0.1) is 24.6 Å². The van der Waals surface area contributed by atoms with Crippen molar-refractivity contribution in [3.8, 4) is 23.3 Å². The highest BCUT2D eigenvalue weighted by Crippen LogP contribution is 2.37. The van der Waals surface area contributed by atoms with Gasteiger partial charge in [0, 0.05) is 66.3 Å². The van der Waals surface area contributed by atoms with Crippen molar-refractivity contribution in [3.63, 3.8) is 0 Å². The number of nitriles is 1. The molecule has 3 atom stereocenters. The van der Waals surface area contributed by atoms with E-state index in [1.165, 1.54) is 0 Å². The Morgan fingerprint density at radius 1 is 1.15 bits per heavy atom. The lowest BCUT2D eigenvalue weighted by Gasteiger charge is -2.34. The molecule has 4 heterocycles. The molecule has 2 aromatic carbocycles. The van der Waals surface area contributed by atoms with Gasteiger partial charge in [0.1, 0.15) is 23.6 Å². The molecular weight excluding hydrogens is 536 g/mol. The predicted molar refractivity (Wildman–Crippen MR) is 151 cm³/mol. The molecule has 2 aliphatic rings. The molecule has 2 aromatic heterocycles. The van der Waals surface area contributed by atoms with Crippen molar-refractivity contribution in [2.75, 3.05) is 44.4 Å². The van der Waals surface area contributed by atoms with Gasteiger partial charge >= 0.3 is 6.01 Å². The molecule has 40 heavy (non-hydrogen) atoms. The molecule has 0 aliphatic carbocycles. The van der Waals surface area contributed by atoms with Gasteiger partial charge in [0.2, 0.25) is 0 Å². The lowest BCUT2D eigenvalue weighted by atomic mass is 10.0. The number of halogens is 3. The second-order valence-electron chi connectivity index (χ2n) is 10.3. The standard InChI is InChI=1S/C29H28ClF2N7O/c30-23-6-2-4-18-3-1-5-21(24(18)23)26-25(32)27-22(14-36-26)28(39-10-9-34-19(15-39)7-8-33)38-29(37-27)40-16-20-11-17(12-31)13-35-20/h1-6,14,17,19-20,34-35H,7,9-13,15-16H2/t17-,19-,20-/m0/s1. The predicted octanol–water partition coefficient (Wildman–Crippen LogP) is 4.66. The van der Waals surface area contributed by atoms with E-state index in [0.717, 1.165) is 5.39 Å². The van der Waals surface area contributed by atoms with Crippen molar-refractivity contribution in [1.82, 2.24) is 25.6 Å². The summed E-state index contributed by atoms with van der Waals surface area (Å²) in [7, 11) is 0. The number of piperazine rings is 1. The van der Waals surface area contributed by atoms with Gasteiger partial charge in [-0.2, -0.15) is 15.2 Å². The Labute approximate surface area is 235 Å². The van der Waals surface area contributed by atoms with Crippen LogP contribution in [0.2, 0.25) is 5.02 Å². The number of anilines is 1. The first-order chi connectivity index (χ1) is 19.6. The molecule has 2 aliphatic heterocycles. The molecule has 2 fully saturated rings. The molecule has 0 radical (unpaired) electrons. The minimum Gasteiger partial charge on any atom is -0.462 e. The largest absolute Gasteiger partial charge is 0.462 e. The summed E-state index contributed by atoms with van der Waals surface area (Å²) in [6.45, 7) is 2.21. The topological polar surface area (TPSA) is 99.0 Å². The van der Waals surface area contributed by atoms with Crippen LogP contribution in [0.3, 0.4) is 0 Å². The number of pyridine rings is 1. The summed E-state index contributed by atoms with van der Waals surface area (Å²) in [6.07, 6.45) is 2.58. The molecule has 206 valence electrons. The first-order valence-corrected chi connectivity index (χ1v) is 13.7. The molecule has 0 spiro atoms. The van der Waals surface area contributed by atoms with E-state index in [2.05, 4.69) is 31.7 Å². The molecule has 0 bridgehead atoms. The van der Waals surface area contributed by atoms with Crippen molar-refractivity contribution < 1.29 is 13.5 Å². The fraction of sp³-hybridized carbons (Fsp3) is 0.379. The van der Waals surface area contributed by atoms with Gasteiger partial charge in [-0.15, -0.1) is 0 Å². The zero-order chi connectivity index (χ0) is 27.6. The summed E-state index contributed by atoms with van der Waals surface area (Å²) < 4.78 is 35.5. The third kappa shape index (κ3) is 5.12. The SMILES string of the molecule is N#CC[C@H]1CN(c2nc(OC[C@@H]3C[C@@H](CF)CN3)nc3c(F)c(-c4cccc5cccc(Cl)c45)ncc23)CCN1. The Morgan fingerprint density at radius 2 is 2.00 bits per heavy atom. The van der Waals surface area contributed by atoms with Crippen LogP contribution in [0, 0.1) is 23.1 Å². The second-order valence-corrected chi connectivity index (χ2v) is 10.7. The monoisotopic (exact) mass is 563 g/mol. The number of nitrogens with one attached hydrogen (secondary N) is 2. The van der Waals surface area contributed by atoms with Crippen LogP contribution in [-0.4, -0.2) is 66.5 Å². The van der Waals surface area contributed by atoms with Gasteiger partial charge in [0.25, 0.3) is 0 Å². The van der Waals surface area contributed by atoms with Crippen molar-refractivity contribution in [2.24, 2.45) is 5.92 Å². The zero-order valence-electron chi connectivity index (χ0n) is 21.7. The Morgan fingerprint density at radius 3 is 2.80 bits per heavy atom. The third-order valence-corrected chi connectivity index (χ3v) is 7.91. The van der Waals surface area contributed by atoms with Gasteiger partial charge in [-0.25, -0.2) is 4.39 Å². The van der Waals surface area contributed by atoms with E-state index < -0.39 is 5.82 Å². The van der Waals surface area contributed by atoms with Crippen molar-refractivity contribution in [2.45, 2.75) is 24.9 Å². The minimum atomic E-state index is -0.599. The van der Waals surface area contributed by atoms with Crippen LogP contribution in [0.25, 0.3) is 32.9 Å². The molecule has 2 N–H and O–H groups in total. The van der Waals surface area contributed by atoms with E-state index in [4.69, 9.17) is 16.3 Å². The van der Waals surface area contributed by atoms with Gasteiger partial charge in [0.15, 0.2) is 5.82 Å². The molecule has 8 nitrogen and oxygen atoms in total. The first-order valence-electron chi connectivity index (χ1n) is 13.4. The summed E-state index contributed by atoms with van der Waals surface area (Å²) in [5.41, 5.74) is 0.784. The zero-order valence-corrected chi connectivity index (χ0v) is 22.5. The number of benzene rings is 2. The average molecular weight is 564 g/mol. The van der Waals surface area contributed by atoms with Crippen LogP contribution in [-0.2, 0) is 0 Å². The minimum absolute atomic E-state index is 0.0374. The molecular formula is C29H28ClF2N7O. The number of rotatable bonds is 7. The number of alkyl halides is 1. The number of hydrogen-bond acceptors (Lipinski definition) is 8. The van der Waals surface area contributed by atoms with Crippen LogP contribution in [0.15, 0.2) is 42.6 Å². The van der Waals surface area contributed by atoms with Gasteiger partial charge < -0.3 is 20.3 Å². The molecule has 0 amide bonds. The highest BCUT2D eigenvalue weighted by atomic mass is 35.5. The van der Waals surface area contributed by atoms with Crippen LogP contribution in [0.1, 0.15) is 12.8 Å². The van der Waals surface area contributed by atoms with Crippen LogP contribution in [0.4, 0.5) is 14.6 Å². The maximum atomic E-state index is 16.4. The number of fused-ring (bicyclic) bond motifs is 2. The fourth-order valence-corrected chi connectivity index (χ4v) is 5.88. The third-order valence-electron chi connectivity index (χ3n) is 7.59. The summed E-state index contributed by atoms with van der Waals surface area (Å²) in [4.78, 5) is 15.7. The highest BCUT2D eigenvalue weighted by molar-refractivity contribution is 6.36. The Kier molecular flexibility index (Phi) is 7.61. The van der Waals surface area contributed by atoms with Crippen molar-refractivity contribution >= 4 is 39.1 Å². The summed E-state index contributed by atoms with van der Waals surface area (Å²) >= 11 is 6.54. The number of ether oxygens (including phenoxy) is 1. The van der Waals surface area contributed by atoms with Crippen LogP contribution in [0.5, 0.6) is 6.01 Å². The smallest absolute Gasteiger partial charge is 0.319 e. The molecule has 2 saturated heterocycles. The molecule has 4 aromatic rings. The molecule has 0 saturated carbocycles.